The lowest BCUT2D eigenvalue weighted by molar-refractivity contribution is 0.0675. The highest BCUT2D eigenvalue weighted by atomic mass is 16.2. The van der Waals surface area contributed by atoms with Crippen LogP contribution in [0, 0.1) is 5.92 Å². The van der Waals surface area contributed by atoms with E-state index in [-0.39, 0.29) is 5.91 Å². The number of amides is 1. The number of aromatic amines is 1. The van der Waals surface area contributed by atoms with Gasteiger partial charge in [-0.1, -0.05) is 12.1 Å². The highest BCUT2D eigenvalue weighted by Gasteiger charge is 2.25. The molecule has 1 aliphatic heterocycles. The molecular formula is C19H20N4O. The molecule has 3 aromatic rings. The van der Waals surface area contributed by atoms with Crippen LogP contribution in [-0.2, 0) is 6.42 Å². The number of benzene rings is 1. The Balaban J connectivity index is 1.55. The molecule has 2 aromatic heterocycles. The van der Waals surface area contributed by atoms with Crippen molar-refractivity contribution >= 4 is 16.8 Å². The van der Waals surface area contributed by atoms with Crippen LogP contribution >= 0.6 is 0 Å². The maximum Gasteiger partial charge on any atom is 0.254 e. The van der Waals surface area contributed by atoms with Crippen molar-refractivity contribution in [2.45, 2.75) is 19.3 Å². The largest absolute Gasteiger partial charge is 0.338 e. The van der Waals surface area contributed by atoms with E-state index in [4.69, 9.17) is 0 Å². The van der Waals surface area contributed by atoms with Crippen LogP contribution in [-0.4, -0.2) is 39.1 Å². The molecule has 1 amide bonds. The Bertz CT molecular complexity index is 838. The van der Waals surface area contributed by atoms with Gasteiger partial charge in [-0.3, -0.25) is 14.9 Å². The van der Waals surface area contributed by atoms with E-state index in [9.17, 15) is 4.79 Å². The van der Waals surface area contributed by atoms with E-state index in [1.54, 1.807) is 12.4 Å². The standard InChI is InChI=1S/C19H20N4O/c24-19(17-5-1-7-18-16(17)6-2-9-20-18)23-11-3-4-14(13-23)12-15-8-10-21-22-15/h1-2,5-10,14H,3-4,11-13H2,(H,21,22)/t14-/m0/s1. The first-order valence-corrected chi connectivity index (χ1v) is 8.42. The third kappa shape index (κ3) is 2.89. The average Bonchev–Trinajstić information content (AvgIpc) is 3.14. The van der Waals surface area contributed by atoms with E-state index in [1.807, 2.05) is 41.3 Å². The first kappa shape index (κ1) is 14.9. The molecule has 0 spiro atoms. The molecular weight excluding hydrogens is 300 g/mol. The smallest absolute Gasteiger partial charge is 0.254 e. The molecule has 3 heterocycles. The fourth-order valence-corrected chi connectivity index (χ4v) is 3.59. The summed E-state index contributed by atoms with van der Waals surface area (Å²) in [5.74, 6) is 0.596. The fraction of sp³-hybridized carbons (Fsp3) is 0.316. The molecule has 122 valence electrons. The van der Waals surface area contributed by atoms with E-state index in [2.05, 4.69) is 15.2 Å². The van der Waals surface area contributed by atoms with Gasteiger partial charge in [0.1, 0.15) is 0 Å². The van der Waals surface area contributed by atoms with Gasteiger partial charge in [0.15, 0.2) is 0 Å². The number of rotatable bonds is 3. The highest BCUT2D eigenvalue weighted by molar-refractivity contribution is 6.06. The number of pyridine rings is 1. The van der Waals surface area contributed by atoms with Crippen molar-refractivity contribution in [3.8, 4) is 0 Å². The van der Waals surface area contributed by atoms with Gasteiger partial charge in [0, 0.05) is 42.1 Å². The topological polar surface area (TPSA) is 61.9 Å². The number of aromatic nitrogens is 3. The van der Waals surface area contributed by atoms with Gasteiger partial charge in [0.25, 0.3) is 5.91 Å². The number of hydrogen-bond donors (Lipinski definition) is 1. The lowest BCUT2D eigenvalue weighted by atomic mass is 9.93. The summed E-state index contributed by atoms with van der Waals surface area (Å²) in [4.78, 5) is 19.4. The first-order valence-electron chi connectivity index (χ1n) is 8.42. The number of piperidine rings is 1. The summed E-state index contributed by atoms with van der Waals surface area (Å²) in [6.45, 7) is 1.63. The van der Waals surface area contributed by atoms with E-state index >= 15 is 0 Å². The van der Waals surface area contributed by atoms with E-state index in [0.717, 1.165) is 54.5 Å². The summed E-state index contributed by atoms with van der Waals surface area (Å²) in [5.41, 5.74) is 2.76. The zero-order valence-corrected chi connectivity index (χ0v) is 13.5. The predicted molar refractivity (Wildman–Crippen MR) is 92.7 cm³/mol. The summed E-state index contributed by atoms with van der Waals surface area (Å²) in [5, 5.41) is 7.96. The number of carbonyl (C=O) groups excluding carboxylic acids is 1. The van der Waals surface area contributed by atoms with Crippen molar-refractivity contribution in [3.05, 3.63) is 60.0 Å². The van der Waals surface area contributed by atoms with Crippen molar-refractivity contribution in [1.29, 1.82) is 0 Å². The van der Waals surface area contributed by atoms with Gasteiger partial charge >= 0.3 is 0 Å². The van der Waals surface area contributed by atoms with Gasteiger partial charge < -0.3 is 4.90 Å². The summed E-state index contributed by atoms with van der Waals surface area (Å²) >= 11 is 0. The molecule has 1 N–H and O–H groups in total. The fourth-order valence-electron chi connectivity index (χ4n) is 3.59. The zero-order valence-electron chi connectivity index (χ0n) is 13.5. The highest BCUT2D eigenvalue weighted by Crippen LogP contribution is 2.24. The Morgan fingerprint density at radius 3 is 3.04 bits per heavy atom. The number of hydrogen-bond acceptors (Lipinski definition) is 3. The quantitative estimate of drug-likeness (QED) is 0.807. The number of carbonyl (C=O) groups is 1. The van der Waals surface area contributed by atoms with Crippen molar-refractivity contribution in [3.63, 3.8) is 0 Å². The number of likely N-dealkylation sites (tertiary alicyclic amines) is 1. The van der Waals surface area contributed by atoms with E-state index in [0.29, 0.717) is 5.92 Å². The molecule has 5 nitrogen and oxygen atoms in total. The molecule has 0 unspecified atom stereocenters. The molecule has 1 fully saturated rings. The minimum absolute atomic E-state index is 0.114. The van der Waals surface area contributed by atoms with Gasteiger partial charge in [-0.15, -0.1) is 0 Å². The van der Waals surface area contributed by atoms with Gasteiger partial charge in [0.05, 0.1) is 5.52 Å². The Morgan fingerprint density at radius 1 is 1.21 bits per heavy atom. The lowest BCUT2D eigenvalue weighted by Crippen LogP contribution is -2.40. The number of H-pyrrole nitrogens is 1. The molecule has 0 bridgehead atoms. The normalized spacial score (nSPS) is 18.0. The van der Waals surface area contributed by atoms with Crippen molar-refractivity contribution in [2.75, 3.05) is 13.1 Å². The third-order valence-electron chi connectivity index (χ3n) is 4.75. The second-order valence-corrected chi connectivity index (χ2v) is 6.42. The monoisotopic (exact) mass is 320 g/mol. The van der Waals surface area contributed by atoms with Gasteiger partial charge in [-0.05, 0) is 49.4 Å². The Kier molecular flexibility index (Phi) is 3.99. The Labute approximate surface area is 140 Å². The SMILES string of the molecule is O=C(c1cccc2ncccc12)N1CCC[C@@H](Cc2ccn[nH]2)C1. The maximum atomic E-state index is 13.0. The van der Waals surface area contributed by atoms with Crippen LogP contribution in [0.15, 0.2) is 48.8 Å². The number of nitrogens with zero attached hydrogens (tertiary/aromatic N) is 3. The van der Waals surface area contributed by atoms with E-state index in [1.165, 1.54) is 0 Å². The maximum absolute atomic E-state index is 13.0. The second-order valence-electron chi connectivity index (χ2n) is 6.42. The summed E-state index contributed by atoms with van der Waals surface area (Å²) < 4.78 is 0. The average molecular weight is 320 g/mol. The van der Waals surface area contributed by atoms with Crippen LogP contribution in [0.3, 0.4) is 0 Å². The molecule has 1 atom stereocenters. The van der Waals surface area contributed by atoms with Crippen molar-refractivity contribution in [1.82, 2.24) is 20.1 Å². The molecule has 0 saturated carbocycles. The molecule has 5 heteroatoms. The molecule has 0 radical (unpaired) electrons. The minimum atomic E-state index is 0.114. The van der Waals surface area contributed by atoms with Crippen LogP contribution in [0.2, 0.25) is 0 Å². The second kappa shape index (κ2) is 6.43. The Hall–Kier alpha value is -2.69. The Morgan fingerprint density at radius 2 is 2.17 bits per heavy atom. The summed E-state index contributed by atoms with van der Waals surface area (Å²) in [6, 6.07) is 11.6. The van der Waals surface area contributed by atoms with Gasteiger partial charge in [-0.25, -0.2) is 0 Å². The van der Waals surface area contributed by atoms with Crippen LogP contribution in [0.25, 0.3) is 10.9 Å². The van der Waals surface area contributed by atoms with Crippen LogP contribution in [0.4, 0.5) is 0 Å². The van der Waals surface area contributed by atoms with Crippen LogP contribution < -0.4 is 0 Å². The number of nitrogens with one attached hydrogen (secondary N) is 1. The lowest BCUT2D eigenvalue weighted by Gasteiger charge is -2.33. The summed E-state index contributed by atoms with van der Waals surface area (Å²) in [6.07, 6.45) is 6.69. The van der Waals surface area contributed by atoms with Crippen LogP contribution in [0.5, 0.6) is 0 Å². The molecule has 1 aliphatic rings. The molecule has 24 heavy (non-hydrogen) atoms. The van der Waals surface area contributed by atoms with Crippen molar-refractivity contribution in [2.24, 2.45) is 5.92 Å². The summed E-state index contributed by atoms with van der Waals surface area (Å²) in [7, 11) is 0. The molecule has 1 saturated heterocycles. The third-order valence-corrected chi connectivity index (χ3v) is 4.75. The zero-order chi connectivity index (χ0) is 16.4. The van der Waals surface area contributed by atoms with Crippen molar-refractivity contribution < 1.29 is 4.79 Å². The molecule has 4 rings (SSSR count). The van der Waals surface area contributed by atoms with Crippen LogP contribution in [0.1, 0.15) is 28.9 Å². The van der Waals surface area contributed by atoms with Gasteiger partial charge in [0.2, 0.25) is 0 Å². The number of fused-ring (bicyclic) bond motifs is 1. The van der Waals surface area contributed by atoms with Gasteiger partial charge in [-0.2, -0.15) is 5.10 Å². The first-order chi connectivity index (χ1) is 11.8. The molecule has 1 aromatic carbocycles. The molecule has 0 aliphatic carbocycles. The minimum Gasteiger partial charge on any atom is -0.338 e. The predicted octanol–water partition coefficient (Wildman–Crippen LogP) is 3.05. The van der Waals surface area contributed by atoms with E-state index < -0.39 is 0 Å².